The van der Waals surface area contributed by atoms with Gasteiger partial charge < -0.3 is 14.6 Å². The van der Waals surface area contributed by atoms with Gasteiger partial charge in [-0.15, -0.1) is 0 Å². The molecule has 27 heavy (non-hydrogen) atoms. The highest BCUT2D eigenvalue weighted by atomic mass is 16.5. The van der Waals surface area contributed by atoms with Crippen LogP contribution in [0.2, 0.25) is 0 Å². The van der Waals surface area contributed by atoms with E-state index in [0.717, 1.165) is 31.6 Å². The van der Waals surface area contributed by atoms with Crippen LogP contribution in [0.3, 0.4) is 0 Å². The Balaban J connectivity index is 1.57. The number of rotatable bonds is 6. The molecule has 2 aliphatic rings. The normalized spacial score (nSPS) is 19.6. The third-order valence-corrected chi connectivity index (χ3v) is 5.68. The van der Waals surface area contributed by atoms with Gasteiger partial charge >= 0.3 is 0 Å². The number of hydrogen-bond acceptors (Lipinski definition) is 3. The number of benzene rings is 1. The maximum Gasteiger partial charge on any atom is 0.255 e. The molecule has 1 atom stereocenters. The molecule has 1 aromatic carbocycles. The van der Waals surface area contributed by atoms with E-state index in [1.165, 1.54) is 19.3 Å². The van der Waals surface area contributed by atoms with Crippen molar-refractivity contribution in [3.05, 3.63) is 58.5 Å². The molecule has 2 aromatic rings. The maximum atomic E-state index is 13.3. The number of aromatic amines is 1. The van der Waals surface area contributed by atoms with E-state index in [2.05, 4.69) is 4.98 Å². The molecule has 5 nitrogen and oxygen atoms in total. The fourth-order valence-electron chi connectivity index (χ4n) is 3.91. The lowest BCUT2D eigenvalue weighted by molar-refractivity contribution is 0.0448. The molecule has 5 heteroatoms. The fraction of sp³-hybridized carbons (Fsp3) is 0.455. The molecule has 1 amide bonds. The molecule has 0 radical (unpaired) electrons. The number of carbonyl (C=O) groups is 1. The van der Waals surface area contributed by atoms with Crippen molar-refractivity contribution in [2.45, 2.75) is 38.2 Å². The highest BCUT2D eigenvalue weighted by Crippen LogP contribution is 2.28. The number of nitrogens with one attached hydrogen (secondary N) is 1. The smallest absolute Gasteiger partial charge is 0.255 e. The molecular formula is C22H26N2O3. The van der Waals surface area contributed by atoms with E-state index in [9.17, 15) is 9.59 Å². The summed E-state index contributed by atoms with van der Waals surface area (Å²) in [7, 11) is 0. The summed E-state index contributed by atoms with van der Waals surface area (Å²) < 4.78 is 5.77. The predicted octanol–water partition coefficient (Wildman–Crippen LogP) is 3.46. The van der Waals surface area contributed by atoms with Crippen LogP contribution in [0.1, 0.15) is 42.5 Å². The van der Waals surface area contributed by atoms with Gasteiger partial charge in [0.05, 0.1) is 6.10 Å². The van der Waals surface area contributed by atoms with Gasteiger partial charge in [0.2, 0.25) is 0 Å². The number of nitrogens with zero attached hydrogens (tertiary/aromatic N) is 1. The van der Waals surface area contributed by atoms with E-state index in [-0.39, 0.29) is 17.6 Å². The van der Waals surface area contributed by atoms with E-state index in [1.807, 2.05) is 29.2 Å². The Hall–Kier alpha value is -2.40. The minimum atomic E-state index is -0.146. The van der Waals surface area contributed by atoms with Crippen molar-refractivity contribution in [3.8, 4) is 11.1 Å². The van der Waals surface area contributed by atoms with Crippen molar-refractivity contribution in [2.24, 2.45) is 5.92 Å². The molecule has 2 fully saturated rings. The molecule has 0 unspecified atom stereocenters. The second kappa shape index (κ2) is 8.09. The lowest BCUT2D eigenvalue weighted by atomic mass is 9.85. The standard InChI is InChI=1S/C22H26N2O3/c25-21-20(10-3-11-23-21)17-7-2-8-18(13-17)22(26)24(14-16-5-1-6-16)15-19-9-4-12-27-19/h2-3,7-8,10-11,13,16,19H,1,4-6,9,12,14-15H2,(H,23,25)/t19-/m0/s1. The zero-order chi connectivity index (χ0) is 18.6. The van der Waals surface area contributed by atoms with Crippen LogP contribution in [0.5, 0.6) is 0 Å². The summed E-state index contributed by atoms with van der Waals surface area (Å²) >= 11 is 0. The number of H-pyrrole nitrogens is 1. The molecular weight excluding hydrogens is 340 g/mol. The van der Waals surface area contributed by atoms with E-state index < -0.39 is 0 Å². The number of aromatic nitrogens is 1. The molecule has 4 rings (SSSR count). The van der Waals surface area contributed by atoms with Gasteiger partial charge in [0.15, 0.2) is 0 Å². The quantitative estimate of drug-likeness (QED) is 0.852. The van der Waals surface area contributed by atoms with Gasteiger partial charge in [-0.3, -0.25) is 9.59 Å². The first-order chi connectivity index (χ1) is 13.2. The van der Waals surface area contributed by atoms with E-state index in [0.29, 0.717) is 23.6 Å². The Bertz CT molecular complexity index is 850. The average molecular weight is 366 g/mol. The Labute approximate surface area is 159 Å². The van der Waals surface area contributed by atoms with Gasteiger partial charge in [0.25, 0.3) is 11.5 Å². The molecule has 0 bridgehead atoms. The van der Waals surface area contributed by atoms with Crippen LogP contribution < -0.4 is 5.56 Å². The van der Waals surface area contributed by atoms with Crippen LogP contribution in [0.25, 0.3) is 11.1 Å². The van der Waals surface area contributed by atoms with Gasteiger partial charge in [-0.05, 0) is 61.4 Å². The Morgan fingerprint density at radius 2 is 2.00 bits per heavy atom. The van der Waals surface area contributed by atoms with Gasteiger partial charge in [-0.1, -0.05) is 18.6 Å². The van der Waals surface area contributed by atoms with Crippen LogP contribution in [0, 0.1) is 5.92 Å². The zero-order valence-electron chi connectivity index (χ0n) is 15.5. The third-order valence-electron chi connectivity index (χ3n) is 5.68. The van der Waals surface area contributed by atoms with Crippen molar-refractivity contribution in [2.75, 3.05) is 19.7 Å². The summed E-state index contributed by atoms with van der Waals surface area (Å²) in [4.78, 5) is 30.0. The van der Waals surface area contributed by atoms with Crippen molar-refractivity contribution < 1.29 is 9.53 Å². The number of hydrogen-bond donors (Lipinski definition) is 1. The van der Waals surface area contributed by atoms with Crippen molar-refractivity contribution in [1.82, 2.24) is 9.88 Å². The number of pyridine rings is 1. The van der Waals surface area contributed by atoms with Gasteiger partial charge in [-0.25, -0.2) is 0 Å². The summed E-state index contributed by atoms with van der Waals surface area (Å²) in [5, 5.41) is 0. The van der Waals surface area contributed by atoms with Gasteiger partial charge in [-0.2, -0.15) is 0 Å². The van der Waals surface area contributed by atoms with Crippen LogP contribution >= 0.6 is 0 Å². The Morgan fingerprint density at radius 1 is 1.11 bits per heavy atom. The molecule has 1 aromatic heterocycles. The average Bonchev–Trinajstić information content (AvgIpc) is 3.16. The number of amides is 1. The van der Waals surface area contributed by atoms with E-state index >= 15 is 0 Å². The molecule has 1 N–H and O–H groups in total. The SMILES string of the molecule is O=C(c1cccc(-c2ccc[nH]c2=O)c1)N(CC1CCC1)C[C@@H]1CCCO1. The van der Waals surface area contributed by atoms with Crippen molar-refractivity contribution >= 4 is 5.91 Å². The third kappa shape index (κ3) is 4.14. The fourth-order valence-corrected chi connectivity index (χ4v) is 3.91. The first-order valence-electron chi connectivity index (χ1n) is 9.90. The van der Waals surface area contributed by atoms with E-state index in [1.54, 1.807) is 18.3 Å². The topological polar surface area (TPSA) is 62.4 Å². The summed E-state index contributed by atoms with van der Waals surface area (Å²) in [5.41, 5.74) is 1.83. The van der Waals surface area contributed by atoms with Gasteiger partial charge in [0, 0.05) is 37.0 Å². The zero-order valence-corrected chi connectivity index (χ0v) is 15.5. The number of ether oxygens (including phenoxy) is 1. The van der Waals surface area contributed by atoms with Crippen molar-refractivity contribution in [1.29, 1.82) is 0 Å². The minimum absolute atomic E-state index is 0.0339. The van der Waals surface area contributed by atoms with Crippen LogP contribution in [-0.2, 0) is 4.74 Å². The first kappa shape index (κ1) is 18.0. The Kier molecular flexibility index (Phi) is 5.39. The van der Waals surface area contributed by atoms with Crippen LogP contribution in [0.4, 0.5) is 0 Å². The van der Waals surface area contributed by atoms with Crippen LogP contribution in [0.15, 0.2) is 47.4 Å². The lowest BCUT2D eigenvalue weighted by Crippen LogP contribution is -2.41. The maximum absolute atomic E-state index is 13.3. The summed E-state index contributed by atoms with van der Waals surface area (Å²) in [6.07, 6.45) is 7.52. The van der Waals surface area contributed by atoms with Crippen molar-refractivity contribution in [3.63, 3.8) is 0 Å². The van der Waals surface area contributed by atoms with Crippen LogP contribution in [-0.4, -0.2) is 41.6 Å². The predicted molar refractivity (Wildman–Crippen MR) is 105 cm³/mol. The highest BCUT2D eigenvalue weighted by Gasteiger charge is 2.28. The lowest BCUT2D eigenvalue weighted by Gasteiger charge is -2.33. The monoisotopic (exact) mass is 366 g/mol. The number of carbonyl (C=O) groups excluding carboxylic acids is 1. The summed E-state index contributed by atoms with van der Waals surface area (Å²) in [6, 6.07) is 11.0. The van der Waals surface area contributed by atoms with Gasteiger partial charge in [0.1, 0.15) is 0 Å². The Morgan fingerprint density at radius 3 is 2.70 bits per heavy atom. The minimum Gasteiger partial charge on any atom is -0.376 e. The second-order valence-corrected chi connectivity index (χ2v) is 7.64. The summed E-state index contributed by atoms with van der Waals surface area (Å²) in [6.45, 7) is 2.25. The highest BCUT2D eigenvalue weighted by molar-refractivity contribution is 5.95. The second-order valence-electron chi connectivity index (χ2n) is 7.64. The molecule has 142 valence electrons. The molecule has 1 aliphatic carbocycles. The largest absolute Gasteiger partial charge is 0.376 e. The first-order valence-corrected chi connectivity index (χ1v) is 9.90. The van der Waals surface area contributed by atoms with E-state index in [4.69, 9.17) is 4.74 Å². The molecule has 1 saturated carbocycles. The molecule has 0 spiro atoms. The summed E-state index contributed by atoms with van der Waals surface area (Å²) in [5.74, 6) is 0.641. The molecule has 1 aliphatic heterocycles. The molecule has 1 saturated heterocycles. The molecule has 2 heterocycles.